The van der Waals surface area contributed by atoms with E-state index >= 15 is 0 Å². The van der Waals surface area contributed by atoms with Gasteiger partial charge in [0.15, 0.2) is 11.4 Å². The van der Waals surface area contributed by atoms with Crippen molar-refractivity contribution >= 4 is 46.6 Å². The molecule has 1 aromatic carbocycles. The first-order valence-corrected chi connectivity index (χ1v) is 18.0. The fourth-order valence-electron chi connectivity index (χ4n) is 7.57. The number of benzene rings is 1. The van der Waals surface area contributed by atoms with Crippen LogP contribution in [0.4, 0.5) is 0 Å². The predicted octanol–water partition coefficient (Wildman–Crippen LogP) is 5.44. The van der Waals surface area contributed by atoms with E-state index in [1.165, 1.54) is 17.7 Å². The van der Waals surface area contributed by atoms with Crippen LogP contribution in [0.1, 0.15) is 116 Å². The first-order valence-electron chi connectivity index (χ1n) is 17.6. The van der Waals surface area contributed by atoms with Gasteiger partial charge in [0.2, 0.25) is 17.6 Å². The van der Waals surface area contributed by atoms with E-state index in [2.05, 4.69) is 10.5 Å². The number of likely N-dealkylation sites (tertiary alicyclic amines) is 1. The van der Waals surface area contributed by atoms with E-state index in [0.717, 1.165) is 36.8 Å². The number of amides is 3. The van der Waals surface area contributed by atoms with Gasteiger partial charge in [0.25, 0.3) is 5.91 Å². The molecule has 0 unspecified atom stereocenters. The molecule has 1 aliphatic carbocycles. The van der Waals surface area contributed by atoms with Gasteiger partial charge >= 0.3 is 0 Å². The summed E-state index contributed by atoms with van der Waals surface area (Å²) in [5.74, 6) is -2.91. The Labute approximate surface area is 295 Å². The van der Waals surface area contributed by atoms with Gasteiger partial charge in [0.1, 0.15) is 11.8 Å². The van der Waals surface area contributed by atoms with Gasteiger partial charge in [-0.15, -0.1) is 0 Å². The lowest BCUT2D eigenvalue weighted by Crippen LogP contribution is -2.57. The first-order chi connectivity index (χ1) is 23.1. The summed E-state index contributed by atoms with van der Waals surface area (Å²) in [5, 5.41) is 7.88. The Bertz CT molecular complexity index is 1460. The molecule has 4 atom stereocenters. The number of nitrogens with two attached hydrogens (primary N) is 1. The standard InChI is InChI=1S/C37H53ClN4O7/c1-7-12-24(32(45)34(39)46)17-29(43)28-20-37(19-27(41-49-37)25-18-26(38)30(48-6)15-22(25)2)21-42(28)35(47)33(36(3,4)5)40-31(44)16-23-13-10-8-9-11-14-23/h15,18,23-24,28,33H,7-14,16-17,19-21H2,1-6H3,(H2,39,46)(H,40,44)/t24-,28+,33-,37-/m1/s1. The summed E-state index contributed by atoms with van der Waals surface area (Å²) < 4.78 is 5.36. The van der Waals surface area contributed by atoms with Gasteiger partial charge in [0.05, 0.1) is 30.4 Å². The third-order valence-corrected chi connectivity index (χ3v) is 10.6. The highest BCUT2D eigenvalue weighted by molar-refractivity contribution is 6.36. The number of hydrogen-bond acceptors (Lipinski definition) is 8. The average molecular weight is 701 g/mol. The van der Waals surface area contributed by atoms with Crippen LogP contribution in [0.15, 0.2) is 17.3 Å². The summed E-state index contributed by atoms with van der Waals surface area (Å²) in [7, 11) is 1.54. The van der Waals surface area contributed by atoms with Crippen molar-refractivity contribution < 1.29 is 33.5 Å². The maximum absolute atomic E-state index is 14.6. The van der Waals surface area contributed by atoms with E-state index in [1.807, 2.05) is 40.7 Å². The lowest BCUT2D eigenvalue weighted by Gasteiger charge is -2.36. The lowest BCUT2D eigenvalue weighted by atomic mass is 9.84. The Morgan fingerprint density at radius 1 is 1.14 bits per heavy atom. The topological polar surface area (TPSA) is 157 Å². The van der Waals surface area contributed by atoms with Crippen molar-refractivity contribution in [2.45, 2.75) is 129 Å². The second kappa shape index (κ2) is 16.0. The third-order valence-electron chi connectivity index (χ3n) is 10.3. The zero-order chi connectivity index (χ0) is 36.1. The van der Waals surface area contributed by atoms with Crippen LogP contribution in [0.5, 0.6) is 5.75 Å². The zero-order valence-corrected chi connectivity index (χ0v) is 30.6. The molecule has 1 aromatic rings. The third kappa shape index (κ3) is 9.21. The van der Waals surface area contributed by atoms with Crippen molar-refractivity contribution in [3.8, 4) is 5.75 Å². The number of oxime groups is 1. The fourth-order valence-corrected chi connectivity index (χ4v) is 7.81. The van der Waals surface area contributed by atoms with Gasteiger partial charge in [0, 0.05) is 37.2 Å². The Kier molecular flexibility index (Phi) is 12.5. The number of nitrogens with zero attached hydrogens (tertiary/aromatic N) is 2. The van der Waals surface area contributed by atoms with E-state index in [9.17, 15) is 24.0 Å². The Balaban J connectivity index is 1.63. The van der Waals surface area contributed by atoms with E-state index in [4.69, 9.17) is 26.9 Å². The molecule has 4 rings (SSSR count). The molecule has 2 fully saturated rings. The summed E-state index contributed by atoms with van der Waals surface area (Å²) in [5.41, 5.74) is 5.89. The SMILES string of the molecule is CCC[C@H](CC(=O)[C@@H]1C[C@]2(CC(c3cc(Cl)c(OC)cc3C)=NO2)CN1C(=O)[C@@H](NC(=O)CC1CCCCCC1)C(C)(C)C)C(=O)C(N)=O. The molecule has 2 heterocycles. The van der Waals surface area contributed by atoms with Crippen LogP contribution < -0.4 is 15.8 Å². The maximum atomic E-state index is 14.6. The van der Waals surface area contributed by atoms with Gasteiger partial charge < -0.3 is 25.5 Å². The lowest BCUT2D eigenvalue weighted by molar-refractivity contribution is -0.145. The van der Waals surface area contributed by atoms with Gasteiger partial charge in [-0.3, -0.25) is 24.0 Å². The number of rotatable bonds is 13. The molecule has 3 aliphatic rings. The van der Waals surface area contributed by atoms with Crippen LogP contribution in [0, 0.1) is 24.2 Å². The number of hydrogen-bond donors (Lipinski definition) is 2. The largest absolute Gasteiger partial charge is 0.495 e. The van der Waals surface area contributed by atoms with Crippen molar-refractivity contribution in [1.29, 1.82) is 0 Å². The van der Waals surface area contributed by atoms with Gasteiger partial charge in [-0.25, -0.2) is 0 Å². The number of methoxy groups -OCH3 is 1. The van der Waals surface area contributed by atoms with Crippen molar-refractivity contribution in [2.24, 2.45) is 28.1 Å². The van der Waals surface area contributed by atoms with Crippen LogP contribution in [0.2, 0.25) is 5.02 Å². The normalized spacial score (nSPS) is 22.6. The monoisotopic (exact) mass is 700 g/mol. The number of ether oxygens (including phenoxy) is 1. The fraction of sp³-hybridized carbons (Fsp3) is 0.676. The number of nitrogens with one attached hydrogen (secondary N) is 1. The summed E-state index contributed by atoms with van der Waals surface area (Å²) in [4.78, 5) is 74.3. The van der Waals surface area contributed by atoms with E-state index in [-0.39, 0.29) is 37.0 Å². The molecule has 3 N–H and O–H groups in total. The quantitative estimate of drug-likeness (QED) is 0.205. The first kappa shape index (κ1) is 38.3. The Morgan fingerprint density at radius 2 is 1.82 bits per heavy atom. The summed E-state index contributed by atoms with van der Waals surface area (Å²) in [6.45, 7) is 9.47. The molecule has 12 heteroatoms. The van der Waals surface area contributed by atoms with Crippen LogP contribution >= 0.6 is 11.6 Å². The minimum atomic E-state index is -1.09. The van der Waals surface area contributed by atoms with Crippen molar-refractivity contribution in [3.05, 3.63) is 28.3 Å². The molecular formula is C37H53ClN4O7. The van der Waals surface area contributed by atoms with Crippen LogP contribution in [-0.2, 0) is 28.8 Å². The van der Waals surface area contributed by atoms with Crippen LogP contribution in [-0.4, -0.2) is 71.2 Å². The molecule has 1 saturated heterocycles. The predicted molar refractivity (Wildman–Crippen MR) is 187 cm³/mol. The van der Waals surface area contributed by atoms with Crippen LogP contribution in [0.25, 0.3) is 0 Å². The molecule has 0 aromatic heterocycles. The Morgan fingerprint density at radius 3 is 2.41 bits per heavy atom. The molecule has 1 saturated carbocycles. The minimum absolute atomic E-state index is 0.0471. The Hall–Kier alpha value is -3.47. The van der Waals surface area contributed by atoms with E-state index in [1.54, 1.807) is 13.2 Å². The second-order valence-electron chi connectivity index (χ2n) is 15.3. The summed E-state index contributed by atoms with van der Waals surface area (Å²) in [6, 6.07) is 1.70. The van der Waals surface area contributed by atoms with Crippen molar-refractivity contribution in [2.75, 3.05) is 13.7 Å². The minimum Gasteiger partial charge on any atom is -0.495 e. The van der Waals surface area contributed by atoms with Crippen LogP contribution in [0.3, 0.4) is 0 Å². The molecule has 1 spiro atoms. The second-order valence-corrected chi connectivity index (χ2v) is 15.7. The highest BCUT2D eigenvalue weighted by Gasteiger charge is 2.55. The number of ketones is 2. The summed E-state index contributed by atoms with van der Waals surface area (Å²) >= 11 is 6.46. The maximum Gasteiger partial charge on any atom is 0.285 e. The van der Waals surface area contributed by atoms with E-state index < -0.39 is 46.6 Å². The molecule has 3 amide bonds. The van der Waals surface area contributed by atoms with Crippen molar-refractivity contribution in [3.63, 3.8) is 0 Å². The number of halogens is 1. The number of aryl methyl sites for hydroxylation is 1. The van der Waals surface area contributed by atoms with Gasteiger partial charge in [-0.2, -0.15) is 0 Å². The highest BCUT2D eigenvalue weighted by atomic mass is 35.5. The number of carbonyl (C=O) groups excluding carboxylic acids is 5. The molecule has 0 radical (unpaired) electrons. The molecular weight excluding hydrogens is 648 g/mol. The number of Topliss-reactive ketones (excluding diaryl/α,β-unsaturated/α-hetero) is 2. The highest BCUT2D eigenvalue weighted by Crippen LogP contribution is 2.42. The summed E-state index contributed by atoms with van der Waals surface area (Å²) in [6.07, 6.45) is 7.96. The van der Waals surface area contributed by atoms with E-state index in [0.29, 0.717) is 42.2 Å². The smallest absolute Gasteiger partial charge is 0.285 e. The molecule has 0 bridgehead atoms. The molecule has 49 heavy (non-hydrogen) atoms. The number of carbonyl (C=O) groups is 5. The number of primary amides is 1. The average Bonchev–Trinajstić information content (AvgIpc) is 3.53. The van der Waals surface area contributed by atoms with Gasteiger partial charge in [-0.1, -0.05) is 76.6 Å². The zero-order valence-electron chi connectivity index (χ0n) is 29.9. The van der Waals surface area contributed by atoms with Gasteiger partial charge in [-0.05, 0) is 55.2 Å². The molecule has 2 aliphatic heterocycles. The van der Waals surface area contributed by atoms with Crippen molar-refractivity contribution in [1.82, 2.24) is 10.2 Å². The molecule has 270 valence electrons. The molecule has 11 nitrogen and oxygen atoms in total.